The smallest absolute Gasteiger partial charge is 0.194 e. The Morgan fingerprint density at radius 2 is 1.86 bits per heavy atom. The zero-order valence-electron chi connectivity index (χ0n) is 12.2. The summed E-state index contributed by atoms with van der Waals surface area (Å²) < 4.78 is 0. The van der Waals surface area contributed by atoms with Crippen molar-refractivity contribution < 1.29 is 0 Å². The monoisotopic (exact) mass is 280 g/mol. The Hall–Kier alpha value is -2.36. The summed E-state index contributed by atoms with van der Waals surface area (Å²) in [5.74, 6) is 1.14. The average Bonchev–Trinajstić information content (AvgIpc) is 2.83. The van der Waals surface area contributed by atoms with E-state index in [1.54, 1.807) is 6.20 Å². The van der Waals surface area contributed by atoms with Gasteiger partial charge in [0.25, 0.3) is 0 Å². The molecule has 1 aromatic heterocycles. The first-order valence-corrected chi connectivity index (χ1v) is 7.19. The molecule has 1 aliphatic rings. The molecule has 1 heterocycles. The van der Waals surface area contributed by atoms with Crippen LogP contribution in [0.1, 0.15) is 18.1 Å². The first kappa shape index (κ1) is 13.6. The fraction of sp³-hybridized carbons (Fsp3) is 0.294. The van der Waals surface area contributed by atoms with Gasteiger partial charge in [-0.05, 0) is 41.5 Å². The predicted molar refractivity (Wildman–Crippen MR) is 86.3 cm³/mol. The number of aromatic nitrogens is 1. The highest BCUT2D eigenvalue weighted by molar-refractivity contribution is 5.91. The Morgan fingerprint density at radius 1 is 1.19 bits per heavy atom. The molecule has 2 aromatic rings. The molecule has 4 heteroatoms. The molecule has 1 aliphatic carbocycles. The minimum atomic E-state index is 0.153. The van der Waals surface area contributed by atoms with Gasteiger partial charge in [0.1, 0.15) is 5.82 Å². The minimum Gasteiger partial charge on any atom is -0.370 e. The van der Waals surface area contributed by atoms with E-state index in [1.807, 2.05) is 18.2 Å². The summed E-state index contributed by atoms with van der Waals surface area (Å²) >= 11 is 0. The van der Waals surface area contributed by atoms with Crippen molar-refractivity contribution in [2.45, 2.75) is 19.8 Å². The fourth-order valence-electron chi connectivity index (χ4n) is 2.88. The van der Waals surface area contributed by atoms with E-state index in [0.717, 1.165) is 18.7 Å². The lowest BCUT2D eigenvalue weighted by Crippen LogP contribution is -2.27. The van der Waals surface area contributed by atoms with Gasteiger partial charge in [0.05, 0.1) is 0 Å². The number of guanidine groups is 1. The number of anilines is 1. The molecule has 0 unspecified atom stereocenters. The number of fused-ring (bicyclic) bond motifs is 1. The van der Waals surface area contributed by atoms with Gasteiger partial charge < -0.3 is 11.1 Å². The van der Waals surface area contributed by atoms with E-state index >= 15 is 0 Å². The van der Waals surface area contributed by atoms with Crippen LogP contribution in [0, 0.1) is 5.41 Å². The molecule has 0 atom stereocenters. The number of nitrogens with zero attached hydrogens (tertiary/aromatic N) is 2. The molecule has 0 fully saturated rings. The lowest BCUT2D eigenvalue weighted by molar-refractivity contribution is 0.360. The third-order valence-electron chi connectivity index (χ3n) is 3.90. The molecule has 1 aromatic carbocycles. The number of rotatable bonds is 3. The van der Waals surface area contributed by atoms with Crippen LogP contribution in [0.15, 0.2) is 53.7 Å². The van der Waals surface area contributed by atoms with Gasteiger partial charge in [-0.2, -0.15) is 0 Å². The molecule has 4 nitrogen and oxygen atoms in total. The van der Waals surface area contributed by atoms with Crippen molar-refractivity contribution in [2.75, 3.05) is 11.9 Å². The highest BCUT2D eigenvalue weighted by Crippen LogP contribution is 2.36. The van der Waals surface area contributed by atoms with Gasteiger partial charge in [0, 0.05) is 12.7 Å². The first-order chi connectivity index (χ1) is 10.1. The molecule has 0 radical (unpaired) electrons. The van der Waals surface area contributed by atoms with Crippen molar-refractivity contribution in [1.82, 2.24) is 4.98 Å². The second-order valence-corrected chi connectivity index (χ2v) is 5.97. The predicted octanol–water partition coefficient (Wildman–Crippen LogP) is 2.61. The molecule has 108 valence electrons. The molecular weight excluding hydrogens is 260 g/mol. The van der Waals surface area contributed by atoms with E-state index in [-0.39, 0.29) is 5.41 Å². The third-order valence-corrected chi connectivity index (χ3v) is 3.90. The molecule has 3 N–H and O–H groups in total. The second kappa shape index (κ2) is 5.56. The quantitative estimate of drug-likeness (QED) is 0.671. The molecule has 0 saturated heterocycles. The number of pyridine rings is 1. The maximum atomic E-state index is 5.95. The van der Waals surface area contributed by atoms with Crippen molar-refractivity contribution in [3.63, 3.8) is 0 Å². The number of nitrogens with two attached hydrogens (primary N) is 1. The molecule has 0 saturated carbocycles. The summed E-state index contributed by atoms with van der Waals surface area (Å²) in [6, 6.07) is 14.3. The van der Waals surface area contributed by atoms with E-state index < -0.39 is 0 Å². The third kappa shape index (κ3) is 3.21. The first-order valence-electron chi connectivity index (χ1n) is 7.19. The van der Waals surface area contributed by atoms with Crippen molar-refractivity contribution in [1.29, 1.82) is 0 Å². The van der Waals surface area contributed by atoms with Gasteiger partial charge >= 0.3 is 0 Å². The van der Waals surface area contributed by atoms with Crippen LogP contribution in [-0.2, 0) is 12.8 Å². The molecule has 0 aliphatic heterocycles. The standard InChI is InChI=1S/C17H20N4/c1-17(10-13-6-2-3-7-14(13)11-17)12-20-16(18)21-15-8-4-5-9-19-15/h2-9H,10-12H2,1H3,(H3,18,19,20,21). The van der Waals surface area contributed by atoms with Crippen molar-refractivity contribution in [2.24, 2.45) is 16.1 Å². The number of nitrogens with one attached hydrogen (secondary N) is 1. The van der Waals surface area contributed by atoms with E-state index in [0.29, 0.717) is 12.5 Å². The van der Waals surface area contributed by atoms with Crippen LogP contribution in [0.2, 0.25) is 0 Å². The summed E-state index contributed by atoms with van der Waals surface area (Å²) in [6.45, 7) is 2.98. The molecule has 0 amide bonds. The SMILES string of the molecule is CC1(CN=C(N)Nc2ccccn2)Cc2ccccc2C1. The van der Waals surface area contributed by atoms with Crippen LogP contribution in [-0.4, -0.2) is 17.5 Å². The summed E-state index contributed by atoms with van der Waals surface area (Å²) in [7, 11) is 0. The van der Waals surface area contributed by atoms with Gasteiger partial charge in [-0.1, -0.05) is 37.3 Å². The van der Waals surface area contributed by atoms with Crippen LogP contribution >= 0.6 is 0 Å². The van der Waals surface area contributed by atoms with Crippen molar-refractivity contribution in [3.05, 3.63) is 59.8 Å². The zero-order valence-corrected chi connectivity index (χ0v) is 12.2. The lowest BCUT2D eigenvalue weighted by Gasteiger charge is -2.21. The lowest BCUT2D eigenvalue weighted by atomic mass is 9.87. The Kier molecular flexibility index (Phi) is 3.60. The van der Waals surface area contributed by atoms with Crippen molar-refractivity contribution >= 4 is 11.8 Å². The van der Waals surface area contributed by atoms with Gasteiger partial charge in [-0.25, -0.2) is 4.98 Å². The molecule has 0 spiro atoms. The summed E-state index contributed by atoms with van der Waals surface area (Å²) in [5, 5.41) is 3.02. The highest BCUT2D eigenvalue weighted by Gasteiger charge is 2.32. The number of hydrogen-bond donors (Lipinski definition) is 2. The minimum absolute atomic E-state index is 0.153. The van der Waals surface area contributed by atoms with Crippen molar-refractivity contribution in [3.8, 4) is 0 Å². The highest BCUT2D eigenvalue weighted by atomic mass is 15.1. The fourth-order valence-corrected chi connectivity index (χ4v) is 2.88. The summed E-state index contributed by atoms with van der Waals surface area (Å²) in [5.41, 5.74) is 8.97. The van der Waals surface area contributed by atoms with Crippen LogP contribution in [0.5, 0.6) is 0 Å². The second-order valence-electron chi connectivity index (χ2n) is 5.97. The average molecular weight is 280 g/mol. The van der Waals surface area contributed by atoms with Crippen LogP contribution in [0.3, 0.4) is 0 Å². The summed E-state index contributed by atoms with van der Waals surface area (Å²) in [6.07, 6.45) is 3.84. The Balaban J connectivity index is 1.64. The van der Waals surface area contributed by atoms with Gasteiger partial charge in [-0.3, -0.25) is 4.99 Å². The molecule has 21 heavy (non-hydrogen) atoms. The number of hydrogen-bond acceptors (Lipinski definition) is 2. The Labute approximate surface area is 125 Å². The zero-order chi connectivity index (χ0) is 14.7. The normalized spacial score (nSPS) is 16.5. The number of aliphatic imine (C=N–C) groups is 1. The van der Waals surface area contributed by atoms with Gasteiger partial charge in [0.2, 0.25) is 0 Å². The molecule has 3 rings (SSSR count). The van der Waals surface area contributed by atoms with Crippen LogP contribution in [0.4, 0.5) is 5.82 Å². The maximum Gasteiger partial charge on any atom is 0.194 e. The van der Waals surface area contributed by atoms with E-state index in [1.165, 1.54) is 11.1 Å². The Morgan fingerprint density at radius 3 is 2.48 bits per heavy atom. The summed E-state index contributed by atoms with van der Waals surface area (Å²) in [4.78, 5) is 8.68. The number of benzene rings is 1. The van der Waals surface area contributed by atoms with Gasteiger partial charge in [0.15, 0.2) is 5.96 Å². The van der Waals surface area contributed by atoms with E-state index in [9.17, 15) is 0 Å². The van der Waals surface area contributed by atoms with Gasteiger partial charge in [-0.15, -0.1) is 0 Å². The van der Waals surface area contributed by atoms with Crippen LogP contribution in [0.25, 0.3) is 0 Å². The molecule has 0 bridgehead atoms. The van der Waals surface area contributed by atoms with E-state index in [2.05, 4.69) is 46.5 Å². The topological polar surface area (TPSA) is 63.3 Å². The maximum absolute atomic E-state index is 5.95. The largest absolute Gasteiger partial charge is 0.370 e. The van der Waals surface area contributed by atoms with Crippen LogP contribution < -0.4 is 11.1 Å². The Bertz CT molecular complexity index is 624. The van der Waals surface area contributed by atoms with E-state index in [4.69, 9.17) is 5.73 Å². The molecular formula is C17H20N4.